The third kappa shape index (κ3) is 5.49. The molecule has 0 amide bonds. The molecule has 0 saturated carbocycles. The lowest BCUT2D eigenvalue weighted by Gasteiger charge is -2.21. The zero-order valence-electron chi connectivity index (χ0n) is 21.9. The van der Waals surface area contributed by atoms with Crippen molar-refractivity contribution in [2.75, 3.05) is 13.2 Å². The fraction of sp³-hybridized carbons (Fsp3) is 0.367. The molecule has 6 heteroatoms. The number of hydrogen-bond donors (Lipinski definition) is 1. The summed E-state index contributed by atoms with van der Waals surface area (Å²) in [6.45, 7) is 12.1. The molecule has 0 fully saturated rings. The van der Waals surface area contributed by atoms with Gasteiger partial charge in [0.15, 0.2) is 0 Å². The van der Waals surface area contributed by atoms with Crippen LogP contribution in [0, 0.1) is 13.8 Å². The number of hydrogen-bond acceptors (Lipinski definition) is 6. The Morgan fingerprint density at radius 1 is 1.14 bits per heavy atom. The van der Waals surface area contributed by atoms with Crippen LogP contribution in [0.4, 0.5) is 0 Å². The summed E-state index contributed by atoms with van der Waals surface area (Å²) < 4.78 is 11.2. The normalized spacial score (nSPS) is 12.6. The van der Waals surface area contributed by atoms with Crippen molar-refractivity contribution in [3.63, 3.8) is 0 Å². The van der Waals surface area contributed by atoms with E-state index in [0.29, 0.717) is 13.2 Å². The second kappa shape index (κ2) is 10.2. The molecule has 1 aliphatic rings. The molecule has 188 valence electrons. The molecule has 0 radical (unpaired) electrons. The summed E-state index contributed by atoms with van der Waals surface area (Å²) in [4.78, 5) is 22.0. The fourth-order valence-electron chi connectivity index (χ4n) is 4.55. The van der Waals surface area contributed by atoms with E-state index in [1.54, 1.807) is 20.8 Å². The molecule has 36 heavy (non-hydrogen) atoms. The Kier molecular flexibility index (Phi) is 7.27. The zero-order chi connectivity index (χ0) is 26.0. The third-order valence-corrected chi connectivity index (χ3v) is 5.93. The first-order chi connectivity index (χ1) is 17.1. The summed E-state index contributed by atoms with van der Waals surface area (Å²) in [5.41, 5.74) is 7.47. The van der Waals surface area contributed by atoms with Gasteiger partial charge in [0, 0.05) is 34.6 Å². The quantitative estimate of drug-likeness (QED) is 0.363. The number of ether oxygens (including phenoxy) is 2. The number of esters is 1. The molecule has 0 saturated heterocycles. The zero-order valence-corrected chi connectivity index (χ0v) is 21.9. The van der Waals surface area contributed by atoms with Gasteiger partial charge in [-0.15, -0.1) is 0 Å². The van der Waals surface area contributed by atoms with Crippen molar-refractivity contribution in [3.8, 4) is 16.9 Å². The van der Waals surface area contributed by atoms with Crippen LogP contribution in [-0.4, -0.2) is 39.9 Å². The predicted octanol–water partition coefficient (Wildman–Crippen LogP) is 5.88. The Morgan fingerprint density at radius 3 is 2.61 bits per heavy atom. The van der Waals surface area contributed by atoms with Crippen LogP contribution in [0.25, 0.3) is 32.9 Å². The molecule has 1 aliphatic heterocycles. The van der Waals surface area contributed by atoms with Crippen LogP contribution >= 0.6 is 0 Å². The molecule has 0 atom stereocenters. The van der Waals surface area contributed by atoms with Gasteiger partial charge in [-0.1, -0.05) is 6.07 Å². The molecule has 2 aromatic heterocycles. The Labute approximate surface area is 212 Å². The molecule has 2 aromatic carbocycles. The molecule has 0 unspecified atom stereocenters. The first-order valence-corrected chi connectivity index (χ1v) is 12.4. The lowest BCUT2D eigenvalue weighted by molar-refractivity contribution is -0.142. The van der Waals surface area contributed by atoms with Crippen LogP contribution in [0.5, 0.6) is 5.75 Å². The number of fused-ring (bicyclic) bond motifs is 1. The summed E-state index contributed by atoms with van der Waals surface area (Å²) in [5, 5.41) is 10.6. The number of aromatic nitrogens is 2. The van der Waals surface area contributed by atoms with Gasteiger partial charge in [0.05, 0.1) is 36.3 Å². The van der Waals surface area contributed by atoms with Crippen molar-refractivity contribution in [3.05, 3.63) is 65.0 Å². The van der Waals surface area contributed by atoms with Gasteiger partial charge in [0.1, 0.15) is 5.75 Å². The smallest absolute Gasteiger partial charge is 0.310 e. The minimum atomic E-state index is -0.500. The molecule has 1 N–H and O–H groups in total. The van der Waals surface area contributed by atoms with E-state index >= 15 is 0 Å². The first-order valence-electron chi connectivity index (χ1n) is 12.4. The van der Waals surface area contributed by atoms with E-state index < -0.39 is 5.60 Å². The molecule has 0 aliphatic carbocycles. The second-order valence-corrected chi connectivity index (χ2v) is 10.1. The molecular weight excluding hydrogens is 452 g/mol. The van der Waals surface area contributed by atoms with Gasteiger partial charge in [0.2, 0.25) is 0 Å². The van der Waals surface area contributed by atoms with Crippen molar-refractivity contribution >= 4 is 27.8 Å². The molecule has 0 spiro atoms. The molecule has 3 heterocycles. The maximum atomic E-state index is 12.5. The van der Waals surface area contributed by atoms with Crippen molar-refractivity contribution < 1.29 is 19.4 Å². The number of carbonyl (C=O) groups excluding carboxylic acids is 1. The summed E-state index contributed by atoms with van der Waals surface area (Å²) in [7, 11) is 0. The third-order valence-electron chi connectivity index (χ3n) is 5.93. The average molecular weight is 487 g/mol. The highest BCUT2D eigenvalue weighted by molar-refractivity contribution is 6.07. The Bertz CT molecular complexity index is 1420. The predicted molar refractivity (Wildman–Crippen MR) is 143 cm³/mol. The lowest BCUT2D eigenvalue weighted by atomic mass is 9.88. The SMILES string of the molecule is CC(C)(C)O.CCOC(=O)Cc1c(C)cc2nc(C)ccc2c1-c1ccc2c3c(ccnc13)CCO2. The van der Waals surface area contributed by atoms with Gasteiger partial charge in [-0.3, -0.25) is 14.8 Å². The Balaban J connectivity index is 0.000000556. The molecular formula is C30H34N2O4. The van der Waals surface area contributed by atoms with E-state index in [1.165, 1.54) is 5.56 Å². The van der Waals surface area contributed by atoms with Crippen LogP contribution in [0.1, 0.15) is 50.1 Å². The number of pyridine rings is 2. The van der Waals surface area contributed by atoms with Crippen LogP contribution in [0.3, 0.4) is 0 Å². The first kappa shape index (κ1) is 25.6. The van der Waals surface area contributed by atoms with Crippen molar-refractivity contribution in [2.24, 2.45) is 0 Å². The van der Waals surface area contributed by atoms with E-state index in [9.17, 15) is 4.79 Å². The Hall–Kier alpha value is -3.51. The number of nitrogens with zero attached hydrogens (tertiary/aromatic N) is 2. The lowest BCUT2D eigenvalue weighted by Crippen LogP contribution is -2.11. The molecule has 5 rings (SSSR count). The fourth-order valence-corrected chi connectivity index (χ4v) is 4.55. The number of carbonyl (C=O) groups is 1. The minimum Gasteiger partial charge on any atom is -0.493 e. The van der Waals surface area contributed by atoms with Gasteiger partial charge in [-0.05, 0) is 94.1 Å². The minimum absolute atomic E-state index is 0.207. The topological polar surface area (TPSA) is 81.5 Å². The highest BCUT2D eigenvalue weighted by atomic mass is 16.5. The highest BCUT2D eigenvalue weighted by Crippen LogP contribution is 2.42. The van der Waals surface area contributed by atoms with E-state index in [1.807, 2.05) is 39.1 Å². The molecule has 6 nitrogen and oxygen atoms in total. The Morgan fingerprint density at radius 2 is 1.89 bits per heavy atom. The van der Waals surface area contributed by atoms with Crippen LogP contribution < -0.4 is 4.74 Å². The van der Waals surface area contributed by atoms with Gasteiger partial charge in [0.25, 0.3) is 0 Å². The van der Waals surface area contributed by atoms with Gasteiger partial charge in [-0.25, -0.2) is 0 Å². The molecule has 4 aromatic rings. The van der Waals surface area contributed by atoms with Gasteiger partial charge >= 0.3 is 5.97 Å². The summed E-state index contributed by atoms with van der Waals surface area (Å²) in [6.07, 6.45) is 2.93. The number of aliphatic hydroxyl groups is 1. The van der Waals surface area contributed by atoms with Crippen molar-refractivity contribution in [1.29, 1.82) is 0 Å². The largest absolute Gasteiger partial charge is 0.493 e. The van der Waals surface area contributed by atoms with E-state index in [2.05, 4.69) is 24.3 Å². The van der Waals surface area contributed by atoms with Crippen molar-refractivity contribution in [1.82, 2.24) is 9.97 Å². The van der Waals surface area contributed by atoms with E-state index in [0.717, 1.165) is 61.9 Å². The van der Waals surface area contributed by atoms with Crippen molar-refractivity contribution in [2.45, 2.75) is 60.0 Å². The average Bonchev–Trinajstić information content (AvgIpc) is 2.80. The van der Waals surface area contributed by atoms with Crippen LogP contribution in [0.15, 0.2) is 42.6 Å². The standard InChI is InChI=1S/C26H24N2O3.C4H10O/c1-4-30-23(29)14-20-15(2)13-21-18(6-5-16(3)28-21)25(20)19-7-8-22-24-17(10-12-31-22)9-11-27-26(19)24;1-4(2,3)5/h5-9,11,13H,4,10,12,14H2,1-3H3;5H,1-3H3. The summed E-state index contributed by atoms with van der Waals surface area (Å²) in [5.74, 6) is 0.635. The van der Waals surface area contributed by atoms with Crippen LogP contribution in [0.2, 0.25) is 0 Å². The number of aryl methyl sites for hydroxylation is 2. The maximum Gasteiger partial charge on any atom is 0.310 e. The summed E-state index contributed by atoms with van der Waals surface area (Å²) >= 11 is 0. The maximum absolute atomic E-state index is 12.5. The number of benzene rings is 2. The second-order valence-electron chi connectivity index (χ2n) is 10.1. The van der Waals surface area contributed by atoms with E-state index in [-0.39, 0.29) is 12.4 Å². The summed E-state index contributed by atoms with van der Waals surface area (Å²) in [6, 6.07) is 12.3. The monoisotopic (exact) mass is 486 g/mol. The number of rotatable bonds is 4. The van der Waals surface area contributed by atoms with E-state index in [4.69, 9.17) is 24.5 Å². The van der Waals surface area contributed by atoms with Gasteiger partial charge in [-0.2, -0.15) is 0 Å². The van der Waals surface area contributed by atoms with Crippen LogP contribution in [-0.2, 0) is 22.4 Å². The van der Waals surface area contributed by atoms with Gasteiger partial charge < -0.3 is 14.6 Å². The highest BCUT2D eigenvalue weighted by Gasteiger charge is 2.22. The molecule has 0 bridgehead atoms.